The van der Waals surface area contributed by atoms with E-state index in [4.69, 9.17) is 14.7 Å². The van der Waals surface area contributed by atoms with Crippen molar-refractivity contribution in [3.05, 3.63) is 34.9 Å². The second kappa shape index (κ2) is 4.56. The molecule has 0 aromatic heterocycles. The van der Waals surface area contributed by atoms with Crippen LogP contribution in [0.5, 0.6) is 0 Å². The third-order valence-electron chi connectivity index (χ3n) is 2.71. The van der Waals surface area contributed by atoms with Crippen LogP contribution in [0.4, 0.5) is 0 Å². The first kappa shape index (κ1) is 11.6. The first-order valence-corrected chi connectivity index (χ1v) is 5.50. The zero-order chi connectivity index (χ0) is 12.4. The molecule has 0 saturated carbocycles. The largest absolute Gasteiger partial charge is 0.464 e. The number of nitriles is 1. The Kier molecular flexibility index (Phi) is 3.12. The average Bonchev–Trinajstić information content (AvgIpc) is 3.09. The SMILES string of the molecule is CCOC(=O)[C@@H]1O[C@@H]1c1ccc(C#N)c(C)c1. The number of rotatable bonds is 3. The van der Waals surface area contributed by atoms with Crippen molar-refractivity contribution in [3.63, 3.8) is 0 Å². The summed E-state index contributed by atoms with van der Waals surface area (Å²) in [5, 5.41) is 8.82. The quantitative estimate of drug-likeness (QED) is 0.588. The van der Waals surface area contributed by atoms with E-state index in [2.05, 4.69) is 6.07 Å². The minimum absolute atomic E-state index is 0.222. The molecule has 0 N–H and O–H groups in total. The van der Waals surface area contributed by atoms with Crippen molar-refractivity contribution >= 4 is 5.97 Å². The second-order valence-corrected chi connectivity index (χ2v) is 3.92. The standard InChI is InChI=1S/C13H13NO3/c1-3-16-13(15)12-11(17-12)9-4-5-10(7-14)8(2)6-9/h4-6,11-12H,3H2,1-2H3/t11-,12-/m1/s1. The number of esters is 1. The molecule has 1 aliphatic rings. The van der Waals surface area contributed by atoms with Gasteiger partial charge in [-0.25, -0.2) is 4.79 Å². The predicted octanol–water partition coefficient (Wildman–Crippen LogP) is 1.87. The summed E-state index contributed by atoms with van der Waals surface area (Å²) in [5.74, 6) is -0.320. The van der Waals surface area contributed by atoms with Gasteiger partial charge >= 0.3 is 5.97 Å². The molecule has 1 fully saturated rings. The van der Waals surface area contributed by atoms with Gasteiger partial charge in [0.05, 0.1) is 18.2 Å². The van der Waals surface area contributed by atoms with Gasteiger partial charge < -0.3 is 9.47 Å². The molecule has 4 nitrogen and oxygen atoms in total. The van der Waals surface area contributed by atoms with Gasteiger partial charge in [0, 0.05) is 0 Å². The minimum atomic E-state index is -0.484. The van der Waals surface area contributed by atoms with Crippen LogP contribution in [0.2, 0.25) is 0 Å². The van der Waals surface area contributed by atoms with Crippen LogP contribution in [0.1, 0.15) is 29.7 Å². The minimum Gasteiger partial charge on any atom is -0.464 e. The Balaban J connectivity index is 2.09. The lowest BCUT2D eigenvalue weighted by atomic mass is 10.0. The molecule has 0 radical (unpaired) electrons. The summed E-state index contributed by atoms with van der Waals surface area (Å²) in [6.45, 7) is 3.99. The smallest absolute Gasteiger partial charge is 0.338 e. The molecule has 0 spiro atoms. The van der Waals surface area contributed by atoms with Crippen LogP contribution in [-0.2, 0) is 14.3 Å². The number of ether oxygens (including phenoxy) is 2. The van der Waals surface area contributed by atoms with Crippen molar-refractivity contribution in [2.24, 2.45) is 0 Å². The van der Waals surface area contributed by atoms with Crippen molar-refractivity contribution < 1.29 is 14.3 Å². The van der Waals surface area contributed by atoms with Crippen molar-refractivity contribution in [1.82, 2.24) is 0 Å². The third-order valence-corrected chi connectivity index (χ3v) is 2.71. The van der Waals surface area contributed by atoms with Crippen molar-refractivity contribution in [3.8, 4) is 6.07 Å². The monoisotopic (exact) mass is 231 g/mol. The predicted molar refractivity (Wildman–Crippen MR) is 60.1 cm³/mol. The van der Waals surface area contributed by atoms with Gasteiger partial charge in [0.1, 0.15) is 6.10 Å². The highest BCUT2D eigenvalue weighted by molar-refractivity contribution is 5.78. The lowest BCUT2D eigenvalue weighted by Gasteiger charge is -2.01. The van der Waals surface area contributed by atoms with Crippen LogP contribution in [-0.4, -0.2) is 18.7 Å². The average molecular weight is 231 g/mol. The Hall–Kier alpha value is -1.86. The van der Waals surface area contributed by atoms with Crippen LogP contribution in [0.3, 0.4) is 0 Å². The van der Waals surface area contributed by atoms with Crippen LogP contribution in [0, 0.1) is 18.3 Å². The Morgan fingerprint density at radius 3 is 2.94 bits per heavy atom. The maximum atomic E-state index is 11.4. The summed E-state index contributed by atoms with van der Waals surface area (Å²) in [6.07, 6.45) is -0.706. The molecule has 1 heterocycles. The molecule has 0 unspecified atom stereocenters. The molecule has 0 bridgehead atoms. The fourth-order valence-electron chi connectivity index (χ4n) is 1.76. The molecule has 17 heavy (non-hydrogen) atoms. The van der Waals surface area contributed by atoms with E-state index in [1.54, 1.807) is 13.0 Å². The summed E-state index contributed by atoms with van der Waals surface area (Å²) in [5.41, 5.74) is 2.45. The topological polar surface area (TPSA) is 62.6 Å². The van der Waals surface area contributed by atoms with E-state index in [0.717, 1.165) is 11.1 Å². The van der Waals surface area contributed by atoms with Gasteiger partial charge in [0.25, 0.3) is 0 Å². The summed E-state index contributed by atoms with van der Waals surface area (Å²) in [4.78, 5) is 11.4. The van der Waals surface area contributed by atoms with Crippen LogP contribution < -0.4 is 0 Å². The number of nitrogens with zero attached hydrogens (tertiary/aromatic N) is 1. The summed E-state index contributed by atoms with van der Waals surface area (Å²) in [6, 6.07) is 7.54. The van der Waals surface area contributed by atoms with Crippen LogP contribution in [0.15, 0.2) is 18.2 Å². The van der Waals surface area contributed by atoms with Crippen molar-refractivity contribution in [2.45, 2.75) is 26.1 Å². The van der Waals surface area contributed by atoms with E-state index in [0.29, 0.717) is 12.2 Å². The number of carbonyl (C=O) groups excluding carboxylic acids is 1. The molecular formula is C13H13NO3. The Morgan fingerprint density at radius 2 is 2.35 bits per heavy atom. The van der Waals surface area contributed by atoms with Gasteiger partial charge in [-0.3, -0.25) is 0 Å². The molecule has 1 aliphatic heterocycles. The normalized spacial score (nSPS) is 21.7. The van der Waals surface area contributed by atoms with E-state index in [1.165, 1.54) is 0 Å². The molecule has 0 amide bonds. The summed E-state index contributed by atoms with van der Waals surface area (Å²) >= 11 is 0. The van der Waals surface area contributed by atoms with E-state index < -0.39 is 6.10 Å². The van der Waals surface area contributed by atoms with Gasteiger partial charge in [-0.05, 0) is 31.0 Å². The number of epoxide rings is 1. The Morgan fingerprint density at radius 1 is 1.59 bits per heavy atom. The fourth-order valence-corrected chi connectivity index (χ4v) is 1.76. The zero-order valence-corrected chi connectivity index (χ0v) is 9.77. The van der Waals surface area contributed by atoms with E-state index in [1.807, 2.05) is 19.1 Å². The van der Waals surface area contributed by atoms with Gasteiger partial charge in [-0.15, -0.1) is 0 Å². The van der Waals surface area contributed by atoms with E-state index >= 15 is 0 Å². The fraction of sp³-hybridized carbons (Fsp3) is 0.385. The number of benzene rings is 1. The molecule has 0 aliphatic carbocycles. The van der Waals surface area contributed by atoms with Crippen LogP contribution in [0.25, 0.3) is 0 Å². The highest BCUT2D eigenvalue weighted by atomic mass is 16.6. The molecule has 88 valence electrons. The molecule has 1 saturated heterocycles. The summed E-state index contributed by atoms with van der Waals surface area (Å²) in [7, 11) is 0. The number of hydrogen-bond donors (Lipinski definition) is 0. The molecule has 1 aromatic rings. The van der Waals surface area contributed by atoms with Gasteiger partial charge in [-0.2, -0.15) is 5.26 Å². The molecule has 2 atom stereocenters. The first-order valence-electron chi connectivity index (χ1n) is 5.50. The highest BCUT2D eigenvalue weighted by Crippen LogP contribution is 2.39. The number of aryl methyl sites for hydroxylation is 1. The lowest BCUT2D eigenvalue weighted by Crippen LogP contribution is -2.11. The number of hydrogen-bond acceptors (Lipinski definition) is 4. The van der Waals surface area contributed by atoms with Gasteiger partial charge in [0.15, 0.2) is 6.10 Å². The van der Waals surface area contributed by atoms with Crippen LogP contribution >= 0.6 is 0 Å². The number of carbonyl (C=O) groups is 1. The maximum Gasteiger partial charge on any atom is 0.338 e. The van der Waals surface area contributed by atoms with E-state index in [9.17, 15) is 4.79 Å². The molecule has 4 heteroatoms. The van der Waals surface area contributed by atoms with E-state index in [-0.39, 0.29) is 12.1 Å². The van der Waals surface area contributed by atoms with Gasteiger partial charge in [-0.1, -0.05) is 12.1 Å². The first-order chi connectivity index (χ1) is 8.17. The van der Waals surface area contributed by atoms with Gasteiger partial charge in [0.2, 0.25) is 0 Å². The molecule has 1 aromatic carbocycles. The Labute approximate surface area is 99.8 Å². The zero-order valence-electron chi connectivity index (χ0n) is 9.77. The second-order valence-electron chi connectivity index (χ2n) is 3.92. The maximum absolute atomic E-state index is 11.4. The molecule has 2 rings (SSSR count). The molecular weight excluding hydrogens is 218 g/mol. The van der Waals surface area contributed by atoms with Crippen molar-refractivity contribution in [2.75, 3.05) is 6.61 Å². The Bertz CT molecular complexity index is 490. The highest BCUT2D eigenvalue weighted by Gasteiger charge is 2.47. The van der Waals surface area contributed by atoms with Crippen molar-refractivity contribution in [1.29, 1.82) is 5.26 Å². The third kappa shape index (κ3) is 2.29. The lowest BCUT2D eigenvalue weighted by molar-refractivity contribution is -0.144. The summed E-state index contributed by atoms with van der Waals surface area (Å²) < 4.78 is 10.2.